The van der Waals surface area contributed by atoms with Gasteiger partial charge in [0.1, 0.15) is 0 Å². The number of carboxylic acids is 1. The van der Waals surface area contributed by atoms with Crippen molar-refractivity contribution in [2.45, 2.75) is 26.3 Å². The predicted molar refractivity (Wildman–Crippen MR) is 49.0 cm³/mol. The first-order chi connectivity index (χ1) is 6.50. The largest absolute Gasteiger partial charge is 0.475 e. The summed E-state index contributed by atoms with van der Waals surface area (Å²) in [6.45, 7) is 3.91. The van der Waals surface area contributed by atoms with Crippen molar-refractivity contribution in [3.63, 3.8) is 0 Å². The third-order valence-electron chi connectivity index (χ3n) is 1.79. The lowest BCUT2D eigenvalue weighted by atomic mass is 10.2. The number of aromatic nitrogens is 2. The van der Waals surface area contributed by atoms with E-state index in [0.717, 1.165) is 0 Å². The fourth-order valence-electron chi connectivity index (χ4n) is 1.01. The van der Waals surface area contributed by atoms with Gasteiger partial charge in [0, 0.05) is 18.7 Å². The van der Waals surface area contributed by atoms with Gasteiger partial charge in [0.15, 0.2) is 0 Å². The molecule has 1 rings (SSSR count). The summed E-state index contributed by atoms with van der Waals surface area (Å²) in [4.78, 5) is 21.1. The molecule has 0 bridgehead atoms. The van der Waals surface area contributed by atoms with Gasteiger partial charge < -0.3 is 5.11 Å². The van der Waals surface area contributed by atoms with Crippen LogP contribution in [0.2, 0.25) is 0 Å². The summed E-state index contributed by atoms with van der Waals surface area (Å²) in [5.41, 5.74) is 0.631. The molecule has 0 saturated carbocycles. The number of nitrogens with zero attached hydrogens (tertiary/aromatic N) is 2. The number of carbonyl (C=O) groups excluding carboxylic acids is 1. The molecule has 0 radical (unpaired) electrons. The molecule has 0 amide bonds. The average Bonchev–Trinajstić information content (AvgIpc) is 2.52. The molecule has 76 valence electrons. The van der Waals surface area contributed by atoms with Crippen LogP contribution in [0.1, 0.15) is 25.5 Å². The Hall–Kier alpha value is -1.65. The van der Waals surface area contributed by atoms with Crippen molar-refractivity contribution in [1.82, 2.24) is 9.78 Å². The van der Waals surface area contributed by atoms with Gasteiger partial charge in [0.2, 0.25) is 5.78 Å². The van der Waals surface area contributed by atoms with Crippen LogP contribution in [0.25, 0.3) is 0 Å². The Labute approximate surface area is 81.3 Å². The maximum Gasteiger partial charge on any atom is 0.372 e. The smallest absolute Gasteiger partial charge is 0.372 e. The molecule has 0 aliphatic heterocycles. The molecule has 0 aromatic carbocycles. The minimum absolute atomic E-state index is 0.0952. The molecule has 14 heavy (non-hydrogen) atoms. The fourth-order valence-corrected chi connectivity index (χ4v) is 1.01. The van der Waals surface area contributed by atoms with Gasteiger partial charge >= 0.3 is 5.97 Å². The Morgan fingerprint density at radius 3 is 2.64 bits per heavy atom. The molecule has 0 atom stereocenters. The van der Waals surface area contributed by atoms with E-state index in [2.05, 4.69) is 5.10 Å². The van der Waals surface area contributed by atoms with Crippen molar-refractivity contribution >= 4 is 11.8 Å². The Balaban J connectivity index is 2.69. The van der Waals surface area contributed by atoms with Gasteiger partial charge in [-0.05, 0) is 19.4 Å². The lowest BCUT2D eigenvalue weighted by Crippen LogP contribution is -2.14. The van der Waals surface area contributed by atoms with Crippen LogP contribution >= 0.6 is 0 Å². The van der Waals surface area contributed by atoms with Crippen molar-refractivity contribution in [3.05, 3.63) is 18.0 Å². The lowest BCUT2D eigenvalue weighted by Gasteiger charge is -2.02. The third-order valence-corrected chi connectivity index (χ3v) is 1.79. The van der Waals surface area contributed by atoms with E-state index < -0.39 is 11.8 Å². The number of hydrogen-bond donors (Lipinski definition) is 1. The van der Waals surface area contributed by atoms with Gasteiger partial charge in [0.05, 0.1) is 6.20 Å². The summed E-state index contributed by atoms with van der Waals surface area (Å²) in [7, 11) is 0. The van der Waals surface area contributed by atoms with Crippen LogP contribution in [0.5, 0.6) is 0 Å². The molecule has 0 unspecified atom stereocenters. The third kappa shape index (κ3) is 2.42. The van der Waals surface area contributed by atoms with Gasteiger partial charge in [-0.15, -0.1) is 0 Å². The monoisotopic (exact) mass is 196 g/mol. The van der Waals surface area contributed by atoms with Crippen LogP contribution in [0.4, 0.5) is 0 Å². The number of Topliss-reactive ketones (excluding diaryl/α,β-unsaturated/α-hetero) is 1. The molecule has 1 aromatic rings. The minimum atomic E-state index is -1.40. The van der Waals surface area contributed by atoms with E-state index in [-0.39, 0.29) is 12.5 Å². The summed E-state index contributed by atoms with van der Waals surface area (Å²) in [5.74, 6) is -2.21. The summed E-state index contributed by atoms with van der Waals surface area (Å²) in [5, 5.41) is 12.4. The normalized spacial score (nSPS) is 10.5. The highest BCUT2D eigenvalue weighted by Gasteiger charge is 2.13. The van der Waals surface area contributed by atoms with Crippen LogP contribution in [0, 0.1) is 0 Å². The summed E-state index contributed by atoms with van der Waals surface area (Å²) in [6, 6.07) is 0.212. The molecule has 1 heterocycles. The molecule has 0 saturated heterocycles. The van der Waals surface area contributed by atoms with Crippen molar-refractivity contribution in [2.24, 2.45) is 0 Å². The van der Waals surface area contributed by atoms with Crippen molar-refractivity contribution in [2.75, 3.05) is 0 Å². The molecule has 1 N–H and O–H groups in total. The molecule has 0 spiro atoms. The van der Waals surface area contributed by atoms with Gasteiger partial charge in [-0.1, -0.05) is 0 Å². The SMILES string of the molecule is CC(C)n1cc(CC(=O)C(=O)O)cn1. The maximum atomic E-state index is 10.9. The van der Waals surface area contributed by atoms with Crippen LogP contribution in [-0.2, 0) is 16.0 Å². The maximum absolute atomic E-state index is 10.9. The molecular weight excluding hydrogens is 184 g/mol. The molecular formula is C9H12N2O3. The molecule has 1 aromatic heterocycles. The van der Waals surface area contributed by atoms with E-state index in [1.54, 1.807) is 10.9 Å². The van der Waals surface area contributed by atoms with Crippen molar-refractivity contribution in [1.29, 1.82) is 0 Å². The van der Waals surface area contributed by atoms with Gasteiger partial charge in [-0.3, -0.25) is 9.48 Å². The topological polar surface area (TPSA) is 72.2 Å². The second kappa shape index (κ2) is 4.04. The van der Waals surface area contributed by atoms with Crippen LogP contribution < -0.4 is 0 Å². The van der Waals surface area contributed by atoms with Gasteiger partial charge in [-0.2, -0.15) is 5.10 Å². The number of aliphatic carboxylic acids is 1. The number of carbonyl (C=O) groups is 2. The second-order valence-electron chi connectivity index (χ2n) is 3.33. The zero-order chi connectivity index (χ0) is 10.7. The lowest BCUT2D eigenvalue weighted by molar-refractivity contribution is -0.148. The van der Waals surface area contributed by atoms with Crippen molar-refractivity contribution in [3.8, 4) is 0 Å². The summed E-state index contributed by atoms with van der Waals surface area (Å²) < 4.78 is 1.68. The number of hydrogen-bond acceptors (Lipinski definition) is 3. The van der Waals surface area contributed by atoms with E-state index in [4.69, 9.17) is 5.11 Å². The zero-order valence-corrected chi connectivity index (χ0v) is 8.10. The van der Waals surface area contributed by atoms with E-state index in [9.17, 15) is 9.59 Å². The highest BCUT2D eigenvalue weighted by molar-refractivity contribution is 6.33. The quantitative estimate of drug-likeness (QED) is 0.718. The van der Waals surface area contributed by atoms with Crippen molar-refractivity contribution < 1.29 is 14.7 Å². The molecule has 0 fully saturated rings. The Morgan fingerprint density at radius 1 is 1.57 bits per heavy atom. The molecule has 5 heteroatoms. The highest BCUT2D eigenvalue weighted by atomic mass is 16.4. The van der Waals surface area contributed by atoms with Crippen LogP contribution in [-0.4, -0.2) is 26.6 Å². The average molecular weight is 196 g/mol. The first kappa shape index (κ1) is 10.4. The number of rotatable bonds is 4. The summed E-state index contributed by atoms with van der Waals surface area (Å²) in [6.07, 6.45) is 3.11. The second-order valence-corrected chi connectivity index (χ2v) is 3.33. The Kier molecular flexibility index (Phi) is 3.01. The van der Waals surface area contributed by atoms with E-state index in [1.165, 1.54) is 6.20 Å². The zero-order valence-electron chi connectivity index (χ0n) is 8.10. The Bertz CT molecular complexity index is 355. The molecule has 5 nitrogen and oxygen atoms in total. The molecule has 0 aliphatic carbocycles. The van der Waals surface area contributed by atoms with Crippen LogP contribution in [0.15, 0.2) is 12.4 Å². The highest BCUT2D eigenvalue weighted by Crippen LogP contribution is 2.06. The first-order valence-corrected chi connectivity index (χ1v) is 4.30. The number of carboxylic acid groups (broad SMARTS) is 1. The number of ketones is 1. The van der Waals surface area contributed by atoms with Gasteiger partial charge in [0.25, 0.3) is 0 Å². The predicted octanol–water partition coefficient (Wildman–Crippen LogP) is 0.660. The van der Waals surface area contributed by atoms with E-state index in [0.29, 0.717) is 5.56 Å². The standard InChI is InChI=1S/C9H12N2O3/c1-6(2)11-5-7(4-10-11)3-8(12)9(13)14/h4-6H,3H2,1-2H3,(H,13,14). The van der Waals surface area contributed by atoms with Gasteiger partial charge in [-0.25, -0.2) is 4.79 Å². The Morgan fingerprint density at radius 2 is 2.21 bits per heavy atom. The van der Waals surface area contributed by atoms with E-state index >= 15 is 0 Å². The fraction of sp³-hybridized carbons (Fsp3) is 0.444. The van der Waals surface area contributed by atoms with Crippen LogP contribution in [0.3, 0.4) is 0 Å². The minimum Gasteiger partial charge on any atom is -0.475 e. The van der Waals surface area contributed by atoms with E-state index in [1.807, 2.05) is 13.8 Å². The molecule has 0 aliphatic rings. The summed E-state index contributed by atoms with van der Waals surface area (Å²) >= 11 is 0. The first-order valence-electron chi connectivity index (χ1n) is 4.30.